The molecule has 0 heterocycles. The summed E-state index contributed by atoms with van der Waals surface area (Å²) in [4.78, 5) is 2.12. The van der Waals surface area contributed by atoms with E-state index < -0.39 is 5.60 Å². The summed E-state index contributed by atoms with van der Waals surface area (Å²) in [5, 5.41) is 13.0. The Labute approximate surface area is 178 Å². The predicted molar refractivity (Wildman–Crippen MR) is 120 cm³/mol. The maximum Gasteiger partial charge on any atom is 0.119 e. The van der Waals surface area contributed by atoms with E-state index in [9.17, 15) is 5.11 Å². The van der Waals surface area contributed by atoms with Crippen molar-refractivity contribution in [2.75, 3.05) is 27.7 Å². The first-order valence-corrected chi connectivity index (χ1v) is 10.1. The summed E-state index contributed by atoms with van der Waals surface area (Å²) in [6.07, 6.45) is 0.732. The van der Waals surface area contributed by atoms with Gasteiger partial charge in [0.25, 0.3) is 0 Å². The van der Waals surface area contributed by atoms with Crippen LogP contribution in [-0.2, 0) is 12.0 Å². The van der Waals surface area contributed by atoms with Crippen molar-refractivity contribution in [3.05, 3.63) is 101 Å². The largest absolute Gasteiger partial charge is 0.497 e. The van der Waals surface area contributed by atoms with Gasteiger partial charge in [-0.3, -0.25) is 0 Å². The lowest BCUT2D eigenvalue weighted by molar-refractivity contribution is 0.00494. The third-order valence-electron chi connectivity index (χ3n) is 5.30. The molecule has 0 aromatic heterocycles. The van der Waals surface area contributed by atoms with Crippen molar-refractivity contribution in [2.24, 2.45) is 5.92 Å². The molecule has 3 rings (SSSR count). The Balaban J connectivity index is 2.15. The normalized spacial score (nSPS) is 14.4. The predicted octanol–water partition coefficient (Wildman–Crippen LogP) is 5.01. The van der Waals surface area contributed by atoms with Gasteiger partial charge in [-0.2, -0.15) is 0 Å². The molecule has 152 valence electrons. The fourth-order valence-electron chi connectivity index (χ4n) is 3.89. The Morgan fingerprint density at radius 2 is 1.62 bits per heavy atom. The van der Waals surface area contributed by atoms with E-state index in [4.69, 9.17) is 16.3 Å². The minimum Gasteiger partial charge on any atom is -0.497 e. The van der Waals surface area contributed by atoms with Gasteiger partial charge in [-0.25, -0.2) is 0 Å². The standard InChI is InChI=1S/C25H28ClNO2/c1-27(2)18-22(16-19-8-5-4-6-9-19)25(28,20-12-14-23(26)15-13-20)21-10-7-11-24(17-21)29-3/h4-15,17,22,28H,16,18H2,1-3H3/t22-,25-/m0/s1. The SMILES string of the molecule is COc1cccc([C@@](O)(c2ccc(Cl)cc2)[C@@H](Cc2ccccc2)CN(C)C)c1. The van der Waals surface area contributed by atoms with Crippen molar-refractivity contribution in [2.45, 2.75) is 12.0 Å². The molecule has 0 aliphatic rings. The van der Waals surface area contributed by atoms with Gasteiger partial charge in [0.2, 0.25) is 0 Å². The minimum absolute atomic E-state index is 0.0896. The first-order valence-electron chi connectivity index (χ1n) is 9.75. The van der Waals surface area contributed by atoms with Gasteiger partial charge in [0.1, 0.15) is 11.4 Å². The Morgan fingerprint density at radius 3 is 2.24 bits per heavy atom. The average molecular weight is 410 g/mol. The summed E-state index contributed by atoms with van der Waals surface area (Å²) < 4.78 is 5.44. The molecule has 0 radical (unpaired) electrons. The van der Waals surface area contributed by atoms with E-state index in [-0.39, 0.29) is 5.92 Å². The quantitative estimate of drug-likeness (QED) is 0.568. The van der Waals surface area contributed by atoms with E-state index in [1.807, 2.05) is 80.8 Å². The highest BCUT2D eigenvalue weighted by atomic mass is 35.5. The highest BCUT2D eigenvalue weighted by Crippen LogP contribution is 2.40. The van der Waals surface area contributed by atoms with Crippen molar-refractivity contribution < 1.29 is 9.84 Å². The maximum atomic E-state index is 12.3. The van der Waals surface area contributed by atoms with Crippen LogP contribution in [0.1, 0.15) is 16.7 Å². The molecule has 3 nitrogen and oxygen atoms in total. The summed E-state index contributed by atoms with van der Waals surface area (Å²) >= 11 is 6.14. The molecule has 2 atom stereocenters. The first kappa shape index (κ1) is 21.4. The third kappa shape index (κ3) is 4.99. The van der Waals surface area contributed by atoms with Crippen molar-refractivity contribution in [3.8, 4) is 5.75 Å². The number of halogens is 1. The summed E-state index contributed by atoms with van der Waals surface area (Å²) in [7, 11) is 5.71. The van der Waals surface area contributed by atoms with Crippen molar-refractivity contribution in [1.82, 2.24) is 4.90 Å². The Morgan fingerprint density at radius 1 is 0.931 bits per heavy atom. The van der Waals surface area contributed by atoms with Crippen LogP contribution >= 0.6 is 11.6 Å². The zero-order chi connectivity index (χ0) is 20.9. The Bertz CT molecular complexity index is 912. The highest BCUT2D eigenvalue weighted by molar-refractivity contribution is 6.30. The molecule has 0 aliphatic carbocycles. The number of aliphatic hydroxyl groups is 1. The number of benzene rings is 3. The van der Waals surface area contributed by atoms with Crippen LogP contribution in [0.25, 0.3) is 0 Å². The van der Waals surface area contributed by atoms with Gasteiger partial charge in [0.05, 0.1) is 7.11 Å². The third-order valence-corrected chi connectivity index (χ3v) is 5.55. The van der Waals surface area contributed by atoms with E-state index in [2.05, 4.69) is 17.0 Å². The van der Waals surface area contributed by atoms with Gasteiger partial charge in [-0.1, -0.05) is 66.2 Å². The number of hydrogen-bond acceptors (Lipinski definition) is 3. The molecule has 4 heteroatoms. The molecule has 0 fully saturated rings. The van der Waals surface area contributed by atoms with Gasteiger partial charge >= 0.3 is 0 Å². The van der Waals surface area contributed by atoms with Gasteiger partial charge in [0.15, 0.2) is 0 Å². The lowest BCUT2D eigenvalue weighted by Gasteiger charge is -2.39. The Kier molecular flexibility index (Phi) is 6.96. The Hall–Kier alpha value is -2.33. The van der Waals surface area contributed by atoms with E-state index in [0.717, 1.165) is 23.3 Å². The topological polar surface area (TPSA) is 32.7 Å². The van der Waals surface area contributed by atoms with Gasteiger partial charge < -0.3 is 14.7 Å². The molecule has 1 N–H and O–H groups in total. The molecule has 0 spiro atoms. The molecule has 3 aromatic carbocycles. The maximum absolute atomic E-state index is 12.3. The van der Waals surface area contributed by atoms with Crippen LogP contribution in [0.2, 0.25) is 5.02 Å². The molecule has 0 amide bonds. The fourth-order valence-corrected chi connectivity index (χ4v) is 4.01. The lowest BCUT2D eigenvalue weighted by atomic mass is 9.73. The first-order chi connectivity index (χ1) is 13.9. The summed E-state index contributed by atoms with van der Waals surface area (Å²) in [6.45, 7) is 0.714. The van der Waals surface area contributed by atoms with Crippen LogP contribution in [-0.4, -0.2) is 37.8 Å². The summed E-state index contributed by atoms with van der Waals surface area (Å²) in [5.74, 6) is 0.631. The van der Waals surface area contributed by atoms with Crippen molar-refractivity contribution in [1.29, 1.82) is 0 Å². The molecule has 3 aromatic rings. The highest BCUT2D eigenvalue weighted by Gasteiger charge is 2.40. The zero-order valence-corrected chi connectivity index (χ0v) is 17.9. The van der Waals surface area contributed by atoms with Crippen LogP contribution in [0.15, 0.2) is 78.9 Å². The molecule has 0 saturated carbocycles. The molecule has 0 bridgehead atoms. The van der Waals surface area contributed by atoms with E-state index in [0.29, 0.717) is 11.6 Å². The van der Waals surface area contributed by atoms with Crippen LogP contribution < -0.4 is 4.74 Å². The lowest BCUT2D eigenvalue weighted by Crippen LogP contribution is -2.43. The average Bonchev–Trinajstić information content (AvgIpc) is 2.73. The number of hydrogen-bond donors (Lipinski definition) is 1. The molecular formula is C25H28ClNO2. The van der Waals surface area contributed by atoms with Crippen molar-refractivity contribution >= 4 is 11.6 Å². The van der Waals surface area contributed by atoms with Crippen LogP contribution in [0, 0.1) is 5.92 Å². The second-order valence-electron chi connectivity index (χ2n) is 7.65. The number of rotatable bonds is 8. The van der Waals surface area contributed by atoms with E-state index in [1.54, 1.807) is 7.11 Å². The molecule has 0 aliphatic heterocycles. The smallest absolute Gasteiger partial charge is 0.119 e. The summed E-state index contributed by atoms with van der Waals surface area (Å²) in [6, 6.07) is 25.5. The van der Waals surface area contributed by atoms with Crippen molar-refractivity contribution in [3.63, 3.8) is 0 Å². The fraction of sp³-hybridized carbons (Fsp3) is 0.280. The molecule has 0 saturated heterocycles. The van der Waals surface area contributed by atoms with Gasteiger partial charge in [-0.05, 0) is 61.5 Å². The van der Waals surface area contributed by atoms with E-state index in [1.165, 1.54) is 5.56 Å². The molecule has 29 heavy (non-hydrogen) atoms. The number of methoxy groups -OCH3 is 1. The van der Waals surface area contributed by atoms with Gasteiger partial charge in [-0.15, -0.1) is 0 Å². The zero-order valence-electron chi connectivity index (χ0n) is 17.2. The monoisotopic (exact) mass is 409 g/mol. The number of ether oxygens (including phenoxy) is 1. The van der Waals surface area contributed by atoms with Gasteiger partial charge in [0, 0.05) is 17.5 Å². The molecule has 0 unspecified atom stereocenters. The van der Waals surface area contributed by atoms with Crippen LogP contribution in [0.5, 0.6) is 5.75 Å². The second-order valence-corrected chi connectivity index (χ2v) is 8.09. The van der Waals surface area contributed by atoms with E-state index >= 15 is 0 Å². The summed E-state index contributed by atoms with van der Waals surface area (Å²) in [5.41, 5.74) is 1.61. The van der Waals surface area contributed by atoms with Crippen LogP contribution in [0.3, 0.4) is 0 Å². The number of nitrogens with zero attached hydrogens (tertiary/aromatic N) is 1. The minimum atomic E-state index is -1.21. The van der Waals surface area contributed by atoms with Crippen LogP contribution in [0.4, 0.5) is 0 Å². The second kappa shape index (κ2) is 9.45. The molecular weight excluding hydrogens is 382 g/mol.